The minimum Gasteiger partial charge on any atom is -0.483 e. The fraction of sp³-hybridized carbons (Fsp3) is 0.462. The summed E-state index contributed by atoms with van der Waals surface area (Å²) in [5, 5.41) is 0. The second-order valence-electron chi connectivity index (χ2n) is 4.90. The summed E-state index contributed by atoms with van der Waals surface area (Å²) in [5.74, 6) is -11.9. The van der Waals surface area contributed by atoms with Gasteiger partial charge in [-0.3, -0.25) is 4.79 Å². The van der Waals surface area contributed by atoms with Gasteiger partial charge in [-0.15, -0.1) is 0 Å². The molecule has 2 rings (SSSR count). The van der Waals surface area contributed by atoms with Crippen molar-refractivity contribution in [3.05, 3.63) is 29.1 Å². The summed E-state index contributed by atoms with van der Waals surface area (Å²) in [6.45, 7) is 3.20. The zero-order valence-corrected chi connectivity index (χ0v) is 10.7. The number of carbonyl (C=O) groups excluding carboxylic acids is 1. The second kappa shape index (κ2) is 4.71. The van der Waals surface area contributed by atoms with Gasteiger partial charge in [0.1, 0.15) is 11.9 Å². The van der Waals surface area contributed by atoms with E-state index in [1.165, 1.54) is 6.92 Å². The fourth-order valence-corrected chi connectivity index (χ4v) is 2.10. The van der Waals surface area contributed by atoms with Gasteiger partial charge in [0, 0.05) is 6.42 Å². The maximum absolute atomic E-state index is 13.4. The van der Waals surface area contributed by atoms with E-state index in [2.05, 4.69) is 0 Å². The van der Waals surface area contributed by atoms with Crippen LogP contribution >= 0.6 is 0 Å². The number of hydrogen-bond donors (Lipinski definition) is 0. The van der Waals surface area contributed by atoms with Gasteiger partial charge in [-0.25, -0.2) is 13.2 Å². The van der Waals surface area contributed by atoms with Gasteiger partial charge in [-0.2, -0.15) is 8.78 Å². The average Bonchev–Trinajstić information content (AvgIpc) is 2.45. The first-order valence-electron chi connectivity index (χ1n) is 5.95. The summed E-state index contributed by atoms with van der Waals surface area (Å²) in [7, 11) is 0. The Morgan fingerprint density at radius 2 is 1.50 bits per heavy atom. The Morgan fingerprint density at radius 1 is 1.05 bits per heavy atom. The molecule has 0 heterocycles. The topological polar surface area (TPSA) is 26.3 Å². The molecule has 0 amide bonds. The molecule has 0 bridgehead atoms. The first-order valence-corrected chi connectivity index (χ1v) is 5.95. The van der Waals surface area contributed by atoms with Gasteiger partial charge in [-0.1, -0.05) is 6.92 Å². The molecule has 1 aliphatic carbocycles. The van der Waals surface area contributed by atoms with Crippen LogP contribution < -0.4 is 4.74 Å². The largest absolute Gasteiger partial charge is 0.483 e. The predicted molar refractivity (Wildman–Crippen MR) is 58.7 cm³/mol. The molecule has 0 N–H and O–H groups in total. The van der Waals surface area contributed by atoms with Crippen LogP contribution in [0.2, 0.25) is 0 Å². The number of Topliss-reactive ketones (excluding diaryl/α,β-unsaturated/α-hetero) is 1. The van der Waals surface area contributed by atoms with Crippen LogP contribution in [0.1, 0.15) is 26.7 Å². The third-order valence-electron chi connectivity index (χ3n) is 3.88. The lowest BCUT2D eigenvalue weighted by molar-refractivity contribution is -0.151. The van der Waals surface area contributed by atoms with Crippen molar-refractivity contribution in [2.45, 2.75) is 32.8 Å². The highest BCUT2D eigenvalue weighted by Crippen LogP contribution is 2.43. The van der Waals surface area contributed by atoms with Crippen molar-refractivity contribution in [3.63, 3.8) is 0 Å². The molecular weight excluding hydrogens is 283 g/mol. The number of carbonyl (C=O) groups is 1. The third-order valence-corrected chi connectivity index (χ3v) is 3.88. The summed E-state index contributed by atoms with van der Waals surface area (Å²) in [6, 6.07) is 0. The van der Waals surface area contributed by atoms with Gasteiger partial charge < -0.3 is 4.74 Å². The molecule has 1 aromatic rings. The molecule has 2 atom stereocenters. The molecule has 1 aromatic carbocycles. The smallest absolute Gasteiger partial charge is 0.207 e. The molecule has 2 unspecified atom stereocenters. The number of ether oxygens (including phenoxy) is 1. The molecule has 1 fully saturated rings. The monoisotopic (exact) mass is 294 g/mol. The summed E-state index contributed by atoms with van der Waals surface area (Å²) in [6.07, 6.45) is -0.691. The van der Waals surface area contributed by atoms with Crippen molar-refractivity contribution in [2.75, 3.05) is 0 Å². The molecule has 20 heavy (non-hydrogen) atoms. The molecular formula is C13H11F5O2. The minimum absolute atomic E-state index is 0.121. The van der Waals surface area contributed by atoms with Crippen molar-refractivity contribution >= 4 is 5.78 Å². The Hall–Kier alpha value is -1.66. The van der Waals surface area contributed by atoms with Crippen LogP contribution in [-0.2, 0) is 4.79 Å². The van der Waals surface area contributed by atoms with Crippen LogP contribution in [-0.4, -0.2) is 11.9 Å². The van der Waals surface area contributed by atoms with Crippen LogP contribution in [0.3, 0.4) is 0 Å². The van der Waals surface area contributed by atoms with Crippen LogP contribution in [0, 0.1) is 34.5 Å². The van der Waals surface area contributed by atoms with Gasteiger partial charge in [0.05, 0.1) is 5.41 Å². The van der Waals surface area contributed by atoms with Crippen LogP contribution in [0.25, 0.3) is 0 Å². The van der Waals surface area contributed by atoms with Crippen molar-refractivity contribution in [3.8, 4) is 5.75 Å². The first-order chi connectivity index (χ1) is 9.24. The van der Waals surface area contributed by atoms with E-state index in [9.17, 15) is 26.7 Å². The molecule has 1 saturated carbocycles. The lowest BCUT2D eigenvalue weighted by Crippen LogP contribution is -2.54. The van der Waals surface area contributed by atoms with Crippen LogP contribution in [0.5, 0.6) is 5.75 Å². The van der Waals surface area contributed by atoms with E-state index in [1.54, 1.807) is 6.92 Å². The van der Waals surface area contributed by atoms with Gasteiger partial charge in [0.15, 0.2) is 5.75 Å². The normalized spacial score (nSPS) is 25.6. The Balaban J connectivity index is 2.39. The average molecular weight is 294 g/mol. The molecule has 110 valence electrons. The number of rotatable bonds is 3. The van der Waals surface area contributed by atoms with Gasteiger partial charge in [0.2, 0.25) is 29.1 Å². The van der Waals surface area contributed by atoms with Gasteiger partial charge >= 0.3 is 0 Å². The molecule has 0 spiro atoms. The van der Waals surface area contributed by atoms with E-state index < -0.39 is 46.4 Å². The zero-order valence-electron chi connectivity index (χ0n) is 10.7. The Morgan fingerprint density at radius 3 is 1.90 bits per heavy atom. The lowest BCUT2D eigenvalue weighted by atomic mass is 9.64. The minimum atomic E-state index is -2.24. The molecule has 0 aliphatic heterocycles. The van der Waals surface area contributed by atoms with E-state index in [0.29, 0.717) is 6.42 Å². The molecule has 7 heteroatoms. The van der Waals surface area contributed by atoms with Crippen molar-refractivity contribution < 1.29 is 31.5 Å². The molecule has 0 saturated heterocycles. The van der Waals surface area contributed by atoms with Crippen LogP contribution in [0.15, 0.2) is 0 Å². The second-order valence-corrected chi connectivity index (χ2v) is 4.90. The van der Waals surface area contributed by atoms with E-state index in [-0.39, 0.29) is 12.2 Å². The fourth-order valence-electron chi connectivity index (χ4n) is 2.10. The predicted octanol–water partition coefficient (Wildman–Crippen LogP) is 3.52. The van der Waals surface area contributed by atoms with Gasteiger partial charge in [0.25, 0.3) is 0 Å². The number of halogens is 5. The highest BCUT2D eigenvalue weighted by Gasteiger charge is 2.52. The summed E-state index contributed by atoms with van der Waals surface area (Å²) in [4.78, 5) is 11.5. The third kappa shape index (κ3) is 1.87. The SMILES string of the molecule is CCC1(C)C(=O)CC1Oc1c(F)c(F)c(F)c(F)c1F. The highest BCUT2D eigenvalue weighted by atomic mass is 19.2. The number of hydrogen-bond acceptors (Lipinski definition) is 2. The van der Waals surface area contributed by atoms with Crippen molar-refractivity contribution in [1.29, 1.82) is 0 Å². The number of ketones is 1. The summed E-state index contributed by atoms with van der Waals surface area (Å²) < 4.78 is 70.7. The Kier molecular flexibility index (Phi) is 3.47. The van der Waals surface area contributed by atoms with E-state index in [0.717, 1.165) is 0 Å². The summed E-state index contributed by atoms with van der Waals surface area (Å²) in [5.41, 5.74) is -0.972. The molecule has 0 radical (unpaired) electrons. The Labute approximate surface area is 111 Å². The highest BCUT2D eigenvalue weighted by molar-refractivity contribution is 5.92. The maximum atomic E-state index is 13.4. The molecule has 2 nitrogen and oxygen atoms in total. The van der Waals surface area contributed by atoms with E-state index in [4.69, 9.17) is 4.74 Å². The van der Waals surface area contributed by atoms with Crippen molar-refractivity contribution in [2.24, 2.45) is 5.41 Å². The quantitative estimate of drug-likeness (QED) is 0.484. The van der Waals surface area contributed by atoms with Crippen molar-refractivity contribution in [1.82, 2.24) is 0 Å². The zero-order chi connectivity index (χ0) is 15.2. The maximum Gasteiger partial charge on any atom is 0.207 e. The first kappa shape index (κ1) is 14.7. The summed E-state index contributed by atoms with van der Waals surface area (Å²) >= 11 is 0. The number of benzene rings is 1. The molecule has 1 aliphatic rings. The van der Waals surface area contributed by atoms with Gasteiger partial charge in [-0.05, 0) is 13.3 Å². The Bertz CT molecular complexity index is 558. The molecule has 0 aromatic heterocycles. The standard InChI is InChI=1S/C13H11F5O2/c1-3-13(2)5(19)4-6(13)20-12-10(17)8(15)7(14)9(16)11(12)18/h6H,3-4H2,1-2H3. The lowest BCUT2D eigenvalue weighted by Gasteiger charge is -2.44. The van der Waals surface area contributed by atoms with E-state index >= 15 is 0 Å². The van der Waals surface area contributed by atoms with E-state index in [1.807, 2.05) is 0 Å². The van der Waals surface area contributed by atoms with Crippen LogP contribution in [0.4, 0.5) is 22.0 Å².